The summed E-state index contributed by atoms with van der Waals surface area (Å²) in [4.78, 5) is 18.8. The standard InChI is InChI=1S/C25H23FN4O2/c26-20-5-7-21(8-6-20)32-23-13-28-12-10-22(23)17-1-3-18(4-2-17)24(31)29-25-11-9-19(25)14-30(15-25)16-27/h1-5,7,10,12-13,19H,6,8-9,11,14-15H2,(H,29,31)/t19?,25-/m0/s1. The van der Waals surface area contributed by atoms with Crippen LogP contribution in [0.15, 0.2) is 66.5 Å². The van der Waals surface area contributed by atoms with Crippen molar-refractivity contribution in [3.63, 3.8) is 0 Å². The zero-order valence-electron chi connectivity index (χ0n) is 17.6. The van der Waals surface area contributed by atoms with Gasteiger partial charge >= 0.3 is 0 Å². The second kappa shape index (κ2) is 8.12. The number of aromatic nitrogens is 1. The minimum Gasteiger partial charge on any atom is -0.459 e. The lowest BCUT2D eigenvalue weighted by Gasteiger charge is -2.44. The highest BCUT2D eigenvalue weighted by Crippen LogP contribution is 2.44. The van der Waals surface area contributed by atoms with Gasteiger partial charge in [-0.05, 0) is 48.8 Å². The minimum atomic E-state index is -0.279. The molecule has 1 unspecified atom stereocenters. The molecular formula is C25H23FN4O2. The van der Waals surface area contributed by atoms with Gasteiger partial charge in [-0.3, -0.25) is 9.78 Å². The number of benzene rings is 1. The lowest BCUT2D eigenvalue weighted by Crippen LogP contribution is -2.60. The smallest absolute Gasteiger partial charge is 0.251 e. The lowest BCUT2D eigenvalue weighted by atomic mass is 9.69. The number of hydrogen-bond donors (Lipinski definition) is 1. The molecule has 1 N–H and O–H groups in total. The summed E-state index contributed by atoms with van der Waals surface area (Å²) >= 11 is 0. The third-order valence-electron chi connectivity index (χ3n) is 6.68. The number of fused-ring (bicyclic) bond motifs is 1. The van der Waals surface area contributed by atoms with Gasteiger partial charge in [-0.15, -0.1) is 0 Å². The molecular weight excluding hydrogens is 407 g/mol. The summed E-state index contributed by atoms with van der Waals surface area (Å²) in [6.07, 6.45) is 11.4. The fourth-order valence-corrected chi connectivity index (χ4v) is 4.74. The van der Waals surface area contributed by atoms with Gasteiger partial charge in [0.15, 0.2) is 11.9 Å². The Labute approximate surface area is 186 Å². The van der Waals surface area contributed by atoms with Crippen LogP contribution in [0.1, 0.15) is 36.0 Å². The molecule has 5 rings (SSSR count). The van der Waals surface area contributed by atoms with Crippen molar-refractivity contribution in [2.24, 2.45) is 5.92 Å². The Hall–Kier alpha value is -3.66. The van der Waals surface area contributed by atoms with E-state index in [9.17, 15) is 14.4 Å². The topological polar surface area (TPSA) is 78.3 Å². The summed E-state index contributed by atoms with van der Waals surface area (Å²) in [5.41, 5.74) is 2.05. The van der Waals surface area contributed by atoms with Crippen LogP contribution in [0.2, 0.25) is 0 Å². The number of pyridine rings is 1. The van der Waals surface area contributed by atoms with Crippen LogP contribution in [0.3, 0.4) is 0 Å². The van der Waals surface area contributed by atoms with Crippen molar-refractivity contribution in [3.05, 3.63) is 72.0 Å². The van der Waals surface area contributed by atoms with Gasteiger partial charge in [-0.1, -0.05) is 12.1 Å². The molecule has 32 heavy (non-hydrogen) atoms. The molecule has 1 saturated heterocycles. The number of hydrogen-bond acceptors (Lipinski definition) is 5. The van der Waals surface area contributed by atoms with E-state index in [-0.39, 0.29) is 17.3 Å². The molecule has 2 atom stereocenters. The minimum absolute atomic E-state index is 0.117. The summed E-state index contributed by atoms with van der Waals surface area (Å²) < 4.78 is 19.2. The highest BCUT2D eigenvalue weighted by molar-refractivity contribution is 5.95. The van der Waals surface area contributed by atoms with Gasteiger partial charge in [-0.25, -0.2) is 4.39 Å². The highest BCUT2D eigenvalue weighted by Gasteiger charge is 2.54. The molecule has 1 aromatic carbocycles. The Morgan fingerprint density at radius 3 is 2.78 bits per heavy atom. The zero-order valence-corrected chi connectivity index (χ0v) is 17.6. The molecule has 2 heterocycles. The Bertz CT molecular complexity index is 1150. The van der Waals surface area contributed by atoms with E-state index >= 15 is 0 Å². The molecule has 162 valence electrons. The Morgan fingerprint density at radius 2 is 2.09 bits per heavy atom. The largest absolute Gasteiger partial charge is 0.459 e. The predicted molar refractivity (Wildman–Crippen MR) is 117 cm³/mol. The first-order chi connectivity index (χ1) is 15.6. The molecule has 1 saturated carbocycles. The second-order valence-electron chi connectivity index (χ2n) is 8.62. The zero-order chi connectivity index (χ0) is 22.1. The van der Waals surface area contributed by atoms with Crippen LogP contribution in [-0.4, -0.2) is 34.4 Å². The number of likely N-dealkylation sites (tertiary alicyclic amines) is 1. The van der Waals surface area contributed by atoms with Crippen LogP contribution in [0.25, 0.3) is 11.1 Å². The summed E-state index contributed by atoms with van der Waals surface area (Å²) in [7, 11) is 0. The Kier molecular flexibility index (Phi) is 5.14. The second-order valence-corrected chi connectivity index (χ2v) is 8.62. The first-order valence-corrected chi connectivity index (χ1v) is 10.8. The van der Waals surface area contributed by atoms with E-state index in [1.54, 1.807) is 35.5 Å². The predicted octanol–water partition coefficient (Wildman–Crippen LogP) is 4.33. The SMILES string of the molecule is N#CN1CC2CC[C@]2(NC(=O)c2ccc(-c3ccncc3OC3=CC=C(F)CC3)cc2)C1. The van der Waals surface area contributed by atoms with Gasteiger partial charge in [0, 0.05) is 42.6 Å². The third kappa shape index (κ3) is 3.73. The molecule has 7 heteroatoms. The van der Waals surface area contributed by atoms with Crippen molar-refractivity contribution in [3.8, 4) is 23.1 Å². The average molecular weight is 430 g/mol. The van der Waals surface area contributed by atoms with Crippen molar-refractivity contribution >= 4 is 5.91 Å². The number of halogens is 1. The number of carbonyl (C=O) groups is 1. The van der Waals surface area contributed by atoms with Crippen molar-refractivity contribution in [1.29, 1.82) is 5.26 Å². The van der Waals surface area contributed by atoms with Crippen LogP contribution in [-0.2, 0) is 0 Å². The number of amides is 1. The van der Waals surface area contributed by atoms with Crippen molar-refractivity contribution in [2.75, 3.05) is 13.1 Å². The van der Waals surface area contributed by atoms with Gasteiger partial charge in [0.2, 0.25) is 0 Å². The van der Waals surface area contributed by atoms with Crippen LogP contribution in [0.5, 0.6) is 5.75 Å². The summed E-state index contributed by atoms with van der Waals surface area (Å²) in [5.74, 6) is 1.36. The third-order valence-corrected chi connectivity index (χ3v) is 6.68. The molecule has 2 aliphatic carbocycles. The van der Waals surface area contributed by atoms with Gasteiger partial charge in [0.1, 0.15) is 11.6 Å². The summed E-state index contributed by atoms with van der Waals surface area (Å²) in [6, 6.07) is 9.23. The fourth-order valence-electron chi connectivity index (χ4n) is 4.74. The highest BCUT2D eigenvalue weighted by atomic mass is 19.1. The van der Waals surface area contributed by atoms with E-state index in [0.717, 1.165) is 30.5 Å². The first kappa shape index (κ1) is 20.3. The molecule has 3 aliphatic rings. The molecule has 2 aromatic rings. The van der Waals surface area contributed by atoms with Gasteiger partial charge in [0.25, 0.3) is 5.91 Å². The van der Waals surface area contributed by atoms with E-state index < -0.39 is 0 Å². The van der Waals surface area contributed by atoms with Crippen LogP contribution in [0, 0.1) is 17.4 Å². The first-order valence-electron chi connectivity index (χ1n) is 10.8. The maximum absolute atomic E-state index is 13.3. The van der Waals surface area contributed by atoms with Gasteiger partial charge in [0.05, 0.1) is 18.3 Å². The van der Waals surface area contributed by atoms with E-state index in [4.69, 9.17) is 4.74 Å². The van der Waals surface area contributed by atoms with Crippen molar-refractivity contribution in [2.45, 2.75) is 31.2 Å². The molecule has 1 aromatic heterocycles. The number of ether oxygens (including phenoxy) is 1. The summed E-state index contributed by atoms with van der Waals surface area (Å²) in [5, 5.41) is 12.4. The van der Waals surface area contributed by atoms with Crippen LogP contribution in [0.4, 0.5) is 4.39 Å². The molecule has 1 aliphatic heterocycles. The molecule has 1 amide bonds. The Balaban J connectivity index is 1.31. The molecule has 0 bridgehead atoms. The fraction of sp³-hybridized carbons (Fsp3) is 0.320. The lowest BCUT2D eigenvalue weighted by molar-refractivity contribution is 0.0762. The maximum atomic E-state index is 13.3. The number of rotatable bonds is 5. The van der Waals surface area contributed by atoms with Crippen LogP contribution < -0.4 is 10.1 Å². The molecule has 6 nitrogen and oxygen atoms in total. The number of carbonyl (C=O) groups excluding carboxylic acids is 1. The van der Waals surface area contributed by atoms with Gasteiger partial charge in [-0.2, -0.15) is 5.26 Å². The maximum Gasteiger partial charge on any atom is 0.251 e. The number of allylic oxidation sites excluding steroid dienone is 4. The molecule has 2 fully saturated rings. The average Bonchev–Trinajstić information content (AvgIpc) is 3.05. The quantitative estimate of drug-likeness (QED) is 0.715. The number of nitriles is 1. The van der Waals surface area contributed by atoms with Crippen molar-refractivity contribution < 1.29 is 13.9 Å². The van der Waals surface area contributed by atoms with E-state index in [1.165, 1.54) is 6.08 Å². The number of nitrogens with zero attached hydrogens (tertiary/aromatic N) is 3. The normalized spacial score (nSPS) is 23.9. The van der Waals surface area contributed by atoms with Crippen LogP contribution >= 0.6 is 0 Å². The number of nitrogens with one attached hydrogen (secondary N) is 1. The van der Waals surface area contributed by atoms with E-state index in [0.29, 0.717) is 42.4 Å². The Morgan fingerprint density at radius 1 is 1.25 bits per heavy atom. The monoisotopic (exact) mass is 430 g/mol. The summed E-state index contributed by atoms with van der Waals surface area (Å²) in [6.45, 7) is 1.31. The van der Waals surface area contributed by atoms with Crippen molar-refractivity contribution in [1.82, 2.24) is 15.2 Å². The van der Waals surface area contributed by atoms with E-state index in [1.807, 2.05) is 18.2 Å². The van der Waals surface area contributed by atoms with Gasteiger partial charge < -0.3 is 15.0 Å². The molecule has 0 radical (unpaired) electrons. The van der Waals surface area contributed by atoms with E-state index in [2.05, 4.69) is 16.5 Å². The molecule has 0 spiro atoms.